The van der Waals surface area contributed by atoms with Gasteiger partial charge in [-0.15, -0.1) is 0 Å². The predicted octanol–water partition coefficient (Wildman–Crippen LogP) is 0.904. The molecule has 2 unspecified atom stereocenters. The van der Waals surface area contributed by atoms with E-state index in [4.69, 9.17) is 5.11 Å². The first kappa shape index (κ1) is 14.6. The zero-order valence-corrected chi connectivity index (χ0v) is 9.05. The molecule has 1 aromatic carbocycles. The van der Waals surface area contributed by atoms with Crippen LogP contribution in [0.15, 0.2) is 18.2 Å². The van der Waals surface area contributed by atoms with Gasteiger partial charge in [-0.1, -0.05) is 6.07 Å². The minimum Gasteiger partial charge on any atom is -0.394 e. The Morgan fingerprint density at radius 2 is 1.89 bits per heavy atom. The van der Waals surface area contributed by atoms with E-state index in [0.717, 1.165) is 6.07 Å². The Hall–Kier alpha value is -1.44. The summed E-state index contributed by atoms with van der Waals surface area (Å²) in [5.74, 6) is 0. The minimum absolute atomic E-state index is 0.151. The summed E-state index contributed by atoms with van der Waals surface area (Å²) in [4.78, 5) is 10.7. The highest BCUT2D eigenvalue weighted by molar-refractivity contribution is 5.78. The van der Waals surface area contributed by atoms with Gasteiger partial charge in [-0.3, -0.25) is 4.79 Å². The summed E-state index contributed by atoms with van der Waals surface area (Å²) in [6, 6.07) is 2.17. The van der Waals surface area contributed by atoms with Crippen molar-refractivity contribution in [1.82, 2.24) is 0 Å². The van der Waals surface area contributed by atoms with Crippen LogP contribution in [0.3, 0.4) is 0 Å². The number of aliphatic hydroxyl groups is 3. The quantitative estimate of drug-likeness (QED) is 0.706. The standard InChI is InChI=1S/C11H11F3O4/c12-11(13,14)7-1-2-8(6(3-7)4-15)10(18)9(17)5-16/h1-4,9-10,16-18H,5H2. The first-order chi connectivity index (χ1) is 8.31. The van der Waals surface area contributed by atoms with Gasteiger partial charge in [0, 0.05) is 5.56 Å². The fourth-order valence-electron chi connectivity index (χ4n) is 1.43. The number of benzene rings is 1. The molecule has 3 N–H and O–H groups in total. The number of carbonyl (C=O) groups is 1. The summed E-state index contributed by atoms with van der Waals surface area (Å²) < 4.78 is 37.2. The van der Waals surface area contributed by atoms with E-state index in [9.17, 15) is 28.2 Å². The second-order valence-electron chi connectivity index (χ2n) is 3.65. The van der Waals surface area contributed by atoms with Crippen LogP contribution in [0.25, 0.3) is 0 Å². The molecule has 18 heavy (non-hydrogen) atoms. The third-order valence-electron chi connectivity index (χ3n) is 2.41. The molecule has 0 aliphatic heterocycles. The lowest BCUT2D eigenvalue weighted by molar-refractivity contribution is -0.137. The maximum Gasteiger partial charge on any atom is 0.416 e. The molecule has 0 fully saturated rings. The monoisotopic (exact) mass is 264 g/mol. The molecule has 0 bridgehead atoms. The van der Waals surface area contributed by atoms with Gasteiger partial charge < -0.3 is 15.3 Å². The van der Waals surface area contributed by atoms with Crippen molar-refractivity contribution in [1.29, 1.82) is 0 Å². The summed E-state index contributed by atoms with van der Waals surface area (Å²) in [7, 11) is 0. The molecule has 7 heteroatoms. The smallest absolute Gasteiger partial charge is 0.394 e. The van der Waals surface area contributed by atoms with Crippen LogP contribution < -0.4 is 0 Å². The molecule has 1 rings (SSSR count). The van der Waals surface area contributed by atoms with E-state index in [-0.39, 0.29) is 17.4 Å². The summed E-state index contributed by atoms with van der Waals surface area (Å²) in [5.41, 5.74) is -1.58. The average molecular weight is 264 g/mol. The van der Waals surface area contributed by atoms with Gasteiger partial charge in [0.2, 0.25) is 0 Å². The topological polar surface area (TPSA) is 77.8 Å². The molecule has 0 heterocycles. The summed E-state index contributed by atoms with van der Waals surface area (Å²) in [6.07, 6.45) is -7.65. The van der Waals surface area contributed by atoms with E-state index in [1.165, 1.54) is 0 Å². The van der Waals surface area contributed by atoms with Crippen molar-refractivity contribution >= 4 is 6.29 Å². The fraction of sp³-hybridized carbons (Fsp3) is 0.364. The second-order valence-corrected chi connectivity index (χ2v) is 3.65. The predicted molar refractivity (Wildman–Crippen MR) is 54.9 cm³/mol. The Morgan fingerprint density at radius 1 is 1.28 bits per heavy atom. The van der Waals surface area contributed by atoms with E-state index >= 15 is 0 Å². The minimum atomic E-state index is -4.60. The van der Waals surface area contributed by atoms with Crippen LogP contribution in [0.4, 0.5) is 13.2 Å². The highest BCUT2D eigenvalue weighted by atomic mass is 19.4. The molecule has 0 aliphatic rings. The molecule has 100 valence electrons. The molecule has 1 aromatic rings. The molecule has 0 saturated heterocycles. The Labute approximate surface area is 100 Å². The van der Waals surface area contributed by atoms with Gasteiger partial charge in [0.1, 0.15) is 18.5 Å². The molecule has 4 nitrogen and oxygen atoms in total. The number of hydrogen-bond acceptors (Lipinski definition) is 4. The zero-order chi connectivity index (χ0) is 13.9. The van der Waals surface area contributed by atoms with Gasteiger partial charge in [-0.05, 0) is 17.7 Å². The maximum atomic E-state index is 12.4. The van der Waals surface area contributed by atoms with E-state index in [2.05, 4.69) is 0 Å². The molecular formula is C11H11F3O4. The maximum absolute atomic E-state index is 12.4. The highest BCUT2D eigenvalue weighted by Crippen LogP contribution is 2.32. The third-order valence-corrected chi connectivity index (χ3v) is 2.41. The van der Waals surface area contributed by atoms with Gasteiger partial charge in [0.25, 0.3) is 0 Å². The van der Waals surface area contributed by atoms with Crippen molar-refractivity contribution in [3.63, 3.8) is 0 Å². The Balaban J connectivity index is 3.20. The lowest BCUT2D eigenvalue weighted by Crippen LogP contribution is -2.23. The fourth-order valence-corrected chi connectivity index (χ4v) is 1.43. The molecule has 0 radical (unpaired) electrons. The Morgan fingerprint density at radius 3 is 2.33 bits per heavy atom. The van der Waals surface area contributed by atoms with Crippen LogP contribution in [-0.4, -0.2) is 34.3 Å². The van der Waals surface area contributed by atoms with Crippen molar-refractivity contribution < 1.29 is 33.3 Å². The second kappa shape index (κ2) is 5.47. The molecule has 0 aliphatic carbocycles. The largest absolute Gasteiger partial charge is 0.416 e. The first-order valence-electron chi connectivity index (χ1n) is 4.94. The normalized spacial score (nSPS) is 15.2. The summed E-state index contributed by atoms with van der Waals surface area (Å²) >= 11 is 0. The summed E-state index contributed by atoms with van der Waals surface area (Å²) in [5, 5.41) is 27.4. The molecule has 0 aromatic heterocycles. The number of aliphatic hydroxyl groups excluding tert-OH is 3. The van der Waals surface area contributed by atoms with Crippen molar-refractivity contribution in [2.45, 2.75) is 18.4 Å². The Bertz CT molecular complexity index is 431. The van der Waals surface area contributed by atoms with Crippen molar-refractivity contribution in [3.8, 4) is 0 Å². The molecule has 2 atom stereocenters. The van der Waals surface area contributed by atoms with E-state index in [1.54, 1.807) is 0 Å². The van der Waals surface area contributed by atoms with Crippen LogP contribution in [0.5, 0.6) is 0 Å². The summed E-state index contributed by atoms with van der Waals surface area (Å²) in [6.45, 7) is -0.777. The number of hydrogen-bond donors (Lipinski definition) is 3. The third kappa shape index (κ3) is 3.06. The van der Waals surface area contributed by atoms with Crippen molar-refractivity contribution in [2.24, 2.45) is 0 Å². The van der Waals surface area contributed by atoms with Crippen LogP contribution in [-0.2, 0) is 6.18 Å². The molecular weight excluding hydrogens is 253 g/mol. The van der Waals surface area contributed by atoms with Crippen LogP contribution in [0.1, 0.15) is 27.6 Å². The lowest BCUT2D eigenvalue weighted by atomic mass is 9.97. The van der Waals surface area contributed by atoms with Gasteiger partial charge in [0.15, 0.2) is 0 Å². The SMILES string of the molecule is O=Cc1cc(C(F)(F)F)ccc1C(O)C(O)CO. The molecule has 0 amide bonds. The van der Waals surface area contributed by atoms with Crippen LogP contribution in [0.2, 0.25) is 0 Å². The molecule has 0 saturated carbocycles. The van der Waals surface area contributed by atoms with Crippen molar-refractivity contribution in [3.05, 3.63) is 34.9 Å². The van der Waals surface area contributed by atoms with Gasteiger partial charge >= 0.3 is 6.18 Å². The number of aldehydes is 1. The number of halogens is 3. The highest BCUT2D eigenvalue weighted by Gasteiger charge is 2.32. The van der Waals surface area contributed by atoms with Crippen molar-refractivity contribution in [2.75, 3.05) is 6.61 Å². The van der Waals surface area contributed by atoms with Gasteiger partial charge in [-0.2, -0.15) is 13.2 Å². The number of alkyl halides is 3. The van der Waals surface area contributed by atoms with Crippen LogP contribution >= 0.6 is 0 Å². The number of rotatable bonds is 4. The van der Waals surface area contributed by atoms with E-state index in [0.29, 0.717) is 12.1 Å². The molecule has 0 spiro atoms. The average Bonchev–Trinajstić information content (AvgIpc) is 2.35. The zero-order valence-electron chi connectivity index (χ0n) is 9.05. The first-order valence-corrected chi connectivity index (χ1v) is 4.94. The Kier molecular flexibility index (Phi) is 4.44. The van der Waals surface area contributed by atoms with Gasteiger partial charge in [0.05, 0.1) is 12.2 Å². The van der Waals surface area contributed by atoms with E-state index in [1.807, 2.05) is 0 Å². The van der Waals surface area contributed by atoms with Gasteiger partial charge in [-0.25, -0.2) is 0 Å². The number of carbonyl (C=O) groups excluding carboxylic acids is 1. The van der Waals surface area contributed by atoms with E-state index < -0.39 is 30.6 Å². The van der Waals surface area contributed by atoms with Crippen LogP contribution in [0, 0.1) is 0 Å². The lowest BCUT2D eigenvalue weighted by Gasteiger charge is -2.18.